The van der Waals surface area contributed by atoms with Gasteiger partial charge in [0.05, 0.1) is 27.9 Å². The topological polar surface area (TPSA) is 95.6 Å². The number of rotatable bonds is 9. The molecule has 0 fully saturated rings. The minimum Gasteiger partial charge on any atom is -0.345 e. The van der Waals surface area contributed by atoms with E-state index in [1.165, 1.54) is 12.1 Å². The molecule has 8 heteroatoms. The van der Waals surface area contributed by atoms with Gasteiger partial charge in [0.15, 0.2) is 0 Å². The van der Waals surface area contributed by atoms with Gasteiger partial charge in [-0.25, -0.2) is 8.42 Å². The molecular formula is C32H33N3O4S. The van der Waals surface area contributed by atoms with Crippen LogP contribution in [0.5, 0.6) is 0 Å². The highest BCUT2D eigenvalue weighted by Gasteiger charge is 2.29. The molecule has 7 nitrogen and oxygen atoms in total. The monoisotopic (exact) mass is 555 g/mol. The number of carbonyl (C=O) groups is 2. The van der Waals surface area contributed by atoms with E-state index >= 15 is 0 Å². The Hall–Kier alpha value is -4.43. The number of aryl methyl sites for hydroxylation is 3. The number of anilines is 2. The second kappa shape index (κ2) is 12.2. The highest BCUT2D eigenvalue weighted by Crippen LogP contribution is 2.28. The van der Waals surface area contributed by atoms with E-state index in [0.717, 1.165) is 21.0 Å². The lowest BCUT2D eigenvalue weighted by Crippen LogP contribution is -2.39. The lowest BCUT2D eigenvalue weighted by Gasteiger charge is -2.26. The molecule has 4 rings (SSSR count). The predicted molar refractivity (Wildman–Crippen MR) is 159 cm³/mol. The van der Waals surface area contributed by atoms with Gasteiger partial charge in [-0.15, -0.1) is 0 Å². The van der Waals surface area contributed by atoms with Crippen molar-refractivity contribution in [3.05, 3.63) is 125 Å². The lowest BCUT2D eigenvalue weighted by atomic mass is 10.1. The first kappa shape index (κ1) is 28.6. The van der Waals surface area contributed by atoms with Gasteiger partial charge in [0, 0.05) is 0 Å². The Labute approximate surface area is 235 Å². The number of sulfonamides is 1. The van der Waals surface area contributed by atoms with Crippen molar-refractivity contribution in [3.8, 4) is 0 Å². The fraction of sp³-hybridized carbons (Fsp3) is 0.188. The number of hydrogen-bond donors (Lipinski definition) is 2. The van der Waals surface area contributed by atoms with Crippen LogP contribution in [0.4, 0.5) is 11.4 Å². The van der Waals surface area contributed by atoms with Crippen LogP contribution in [0.2, 0.25) is 0 Å². The molecule has 0 aromatic heterocycles. The summed E-state index contributed by atoms with van der Waals surface area (Å²) in [5, 5.41) is 5.73. The van der Waals surface area contributed by atoms with E-state index in [2.05, 4.69) is 10.6 Å². The van der Waals surface area contributed by atoms with Gasteiger partial charge in [0.2, 0.25) is 5.91 Å². The molecule has 0 bridgehead atoms. The third-order valence-electron chi connectivity index (χ3n) is 6.62. The summed E-state index contributed by atoms with van der Waals surface area (Å²) in [7, 11) is -4.08. The molecule has 0 aliphatic heterocycles. The van der Waals surface area contributed by atoms with E-state index in [4.69, 9.17) is 0 Å². The summed E-state index contributed by atoms with van der Waals surface area (Å²) in [6.07, 6.45) is 0. The zero-order chi connectivity index (χ0) is 28.9. The first-order valence-electron chi connectivity index (χ1n) is 13.0. The number of nitrogens with one attached hydrogen (secondary N) is 2. The van der Waals surface area contributed by atoms with Crippen molar-refractivity contribution in [2.24, 2.45) is 0 Å². The van der Waals surface area contributed by atoms with Crippen LogP contribution in [-0.4, -0.2) is 26.8 Å². The van der Waals surface area contributed by atoms with Crippen molar-refractivity contribution in [1.29, 1.82) is 0 Å². The molecule has 0 aliphatic carbocycles. The number of para-hydroxylation sites is 1. The maximum atomic E-state index is 13.8. The molecule has 1 atom stereocenters. The third kappa shape index (κ3) is 6.58. The molecule has 0 unspecified atom stereocenters. The van der Waals surface area contributed by atoms with Gasteiger partial charge < -0.3 is 10.6 Å². The fourth-order valence-electron chi connectivity index (χ4n) is 4.33. The van der Waals surface area contributed by atoms with Crippen LogP contribution in [0.25, 0.3) is 0 Å². The van der Waals surface area contributed by atoms with E-state index < -0.39 is 22.5 Å². The summed E-state index contributed by atoms with van der Waals surface area (Å²) in [5.74, 6) is -0.932. The summed E-state index contributed by atoms with van der Waals surface area (Å²) in [4.78, 5) is 26.6. The average Bonchev–Trinajstić information content (AvgIpc) is 2.94. The number of benzene rings is 4. The van der Waals surface area contributed by atoms with Crippen molar-refractivity contribution < 1.29 is 18.0 Å². The fourth-order valence-corrected chi connectivity index (χ4v) is 5.81. The van der Waals surface area contributed by atoms with Crippen molar-refractivity contribution in [3.63, 3.8) is 0 Å². The van der Waals surface area contributed by atoms with Crippen LogP contribution in [0, 0.1) is 20.8 Å². The van der Waals surface area contributed by atoms with Crippen LogP contribution >= 0.6 is 0 Å². The summed E-state index contributed by atoms with van der Waals surface area (Å²) in [6.45, 7) is 6.95. The molecule has 40 heavy (non-hydrogen) atoms. The predicted octanol–water partition coefficient (Wildman–Crippen LogP) is 5.94. The number of nitrogens with zero attached hydrogens (tertiary/aromatic N) is 1. The van der Waals surface area contributed by atoms with Gasteiger partial charge in [0.25, 0.3) is 15.9 Å². The SMILES string of the molecule is Cc1ccc(S(=O)(=O)N(CC(=O)Nc2ccccc2C(=O)N[C@H](C)c2ccccc2)c2cc(C)ccc2C)cc1. The zero-order valence-electron chi connectivity index (χ0n) is 23.0. The number of hydrogen-bond acceptors (Lipinski definition) is 4. The molecule has 206 valence electrons. The first-order valence-corrected chi connectivity index (χ1v) is 14.4. The number of carbonyl (C=O) groups excluding carboxylic acids is 2. The standard InChI is InChI=1S/C32H33N3O4S/c1-22-15-18-27(19-16-22)40(38,39)35(30-20-23(2)14-17-24(30)3)21-31(36)34-29-13-9-8-12-28(29)32(37)33-25(4)26-10-6-5-7-11-26/h5-20,25H,21H2,1-4H3,(H,33,37)(H,34,36)/t25-/m1/s1. The molecule has 0 heterocycles. The van der Waals surface area contributed by atoms with Gasteiger partial charge >= 0.3 is 0 Å². The Bertz CT molecular complexity index is 1620. The van der Waals surface area contributed by atoms with Gasteiger partial charge in [-0.05, 0) is 74.7 Å². The van der Waals surface area contributed by atoms with E-state index in [9.17, 15) is 18.0 Å². The molecule has 4 aromatic carbocycles. The van der Waals surface area contributed by atoms with Crippen LogP contribution in [0.1, 0.15) is 45.6 Å². The van der Waals surface area contributed by atoms with E-state index in [-0.39, 0.29) is 22.4 Å². The Balaban J connectivity index is 1.61. The Morgan fingerprint density at radius 3 is 2.12 bits per heavy atom. The maximum Gasteiger partial charge on any atom is 0.264 e. The summed E-state index contributed by atoms with van der Waals surface area (Å²) < 4.78 is 28.7. The van der Waals surface area contributed by atoms with E-state index in [0.29, 0.717) is 16.9 Å². The second-order valence-corrected chi connectivity index (χ2v) is 11.7. The van der Waals surface area contributed by atoms with Crippen molar-refractivity contribution in [1.82, 2.24) is 5.32 Å². The molecule has 2 amide bonds. The highest BCUT2D eigenvalue weighted by atomic mass is 32.2. The molecule has 0 radical (unpaired) electrons. The molecule has 0 saturated carbocycles. The summed E-state index contributed by atoms with van der Waals surface area (Å²) in [6, 6.07) is 27.9. The molecule has 0 spiro atoms. The Kier molecular flexibility index (Phi) is 8.70. The molecule has 0 aliphatic rings. The Morgan fingerprint density at radius 2 is 1.43 bits per heavy atom. The highest BCUT2D eigenvalue weighted by molar-refractivity contribution is 7.92. The van der Waals surface area contributed by atoms with E-state index in [1.807, 2.05) is 63.2 Å². The maximum absolute atomic E-state index is 13.8. The molecule has 2 N–H and O–H groups in total. The average molecular weight is 556 g/mol. The zero-order valence-corrected chi connectivity index (χ0v) is 23.8. The normalized spacial score (nSPS) is 11.9. The minimum atomic E-state index is -4.08. The van der Waals surface area contributed by atoms with Gasteiger partial charge in [-0.2, -0.15) is 0 Å². The smallest absolute Gasteiger partial charge is 0.264 e. The van der Waals surface area contributed by atoms with Crippen LogP contribution < -0.4 is 14.9 Å². The van der Waals surface area contributed by atoms with E-state index in [1.54, 1.807) is 49.4 Å². The Morgan fingerprint density at radius 1 is 0.800 bits per heavy atom. The number of amides is 2. The first-order chi connectivity index (χ1) is 19.1. The second-order valence-electron chi connectivity index (χ2n) is 9.81. The van der Waals surface area contributed by atoms with Crippen molar-refractivity contribution >= 4 is 33.2 Å². The largest absolute Gasteiger partial charge is 0.345 e. The van der Waals surface area contributed by atoms with Gasteiger partial charge in [-0.3, -0.25) is 13.9 Å². The quantitative estimate of drug-likeness (QED) is 0.267. The minimum absolute atomic E-state index is 0.0847. The molecular weight excluding hydrogens is 522 g/mol. The third-order valence-corrected chi connectivity index (χ3v) is 8.40. The van der Waals surface area contributed by atoms with Gasteiger partial charge in [0.1, 0.15) is 6.54 Å². The van der Waals surface area contributed by atoms with Crippen LogP contribution in [0.3, 0.4) is 0 Å². The summed E-state index contributed by atoms with van der Waals surface area (Å²) in [5.41, 5.74) is 4.42. The lowest BCUT2D eigenvalue weighted by molar-refractivity contribution is -0.114. The van der Waals surface area contributed by atoms with Crippen molar-refractivity contribution in [2.45, 2.75) is 38.6 Å². The van der Waals surface area contributed by atoms with Crippen LogP contribution in [0.15, 0.2) is 102 Å². The summed E-state index contributed by atoms with van der Waals surface area (Å²) >= 11 is 0. The van der Waals surface area contributed by atoms with Crippen molar-refractivity contribution in [2.75, 3.05) is 16.2 Å². The molecule has 4 aromatic rings. The van der Waals surface area contributed by atoms with Gasteiger partial charge in [-0.1, -0.05) is 72.3 Å². The van der Waals surface area contributed by atoms with Crippen LogP contribution in [-0.2, 0) is 14.8 Å². The molecule has 0 saturated heterocycles.